The second-order valence-electron chi connectivity index (χ2n) is 17.4. The van der Waals surface area contributed by atoms with Gasteiger partial charge in [0.15, 0.2) is 6.10 Å². The molecule has 0 aromatic carbocycles. The predicted molar refractivity (Wildman–Crippen MR) is 231 cm³/mol. The number of aliphatic carboxylic acids is 1. The summed E-state index contributed by atoms with van der Waals surface area (Å²) < 4.78 is 17.2. The van der Waals surface area contributed by atoms with Crippen LogP contribution in [0.4, 0.5) is 0 Å². The molecule has 0 rings (SSSR count). The number of carbonyl (C=O) groups is 3. The molecule has 0 saturated heterocycles. The Morgan fingerprint density at radius 2 is 0.893 bits per heavy atom. The van der Waals surface area contributed by atoms with E-state index in [0.29, 0.717) is 12.8 Å². The monoisotopic (exact) mass is 794 g/mol. The summed E-state index contributed by atoms with van der Waals surface area (Å²) in [6.45, 7) is 4.67. The number of quaternary nitrogens is 1. The van der Waals surface area contributed by atoms with E-state index in [1.54, 1.807) is 21.1 Å². The smallest absolute Gasteiger partial charge is 0.306 e. The molecule has 0 aromatic rings. The van der Waals surface area contributed by atoms with Gasteiger partial charge in [-0.15, -0.1) is 0 Å². The number of carbonyl (C=O) groups excluding carboxylic acids is 3. The van der Waals surface area contributed by atoms with Crippen molar-refractivity contribution in [1.29, 1.82) is 0 Å². The molecule has 0 radical (unpaired) electrons. The van der Waals surface area contributed by atoms with Gasteiger partial charge in [0.25, 0.3) is 0 Å². The second kappa shape index (κ2) is 39.9. The van der Waals surface area contributed by atoms with Crippen LogP contribution in [0.25, 0.3) is 0 Å². The summed E-state index contributed by atoms with van der Waals surface area (Å²) in [5.41, 5.74) is 0. The molecule has 0 spiro atoms. The second-order valence-corrected chi connectivity index (χ2v) is 17.4. The van der Waals surface area contributed by atoms with Crippen LogP contribution in [-0.4, -0.2) is 75.5 Å². The van der Waals surface area contributed by atoms with Crippen molar-refractivity contribution in [1.82, 2.24) is 0 Å². The van der Waals surface area contributed by atoms with Crippen molar-refractivity contribution < 1.29 is 38.2 Å². The topological polar surface area (TPSA) is 102 Å². The lowest BCUT2D eigenvalue weighted by molar-refractivity contribution is -0.889. The lowest BCUT2D eigenvalue weighted by Gasteiger charge is -2.34. The van der Waals surface area contributed by atoms with E-state index in [-0.39, 0.29) is 42.7 Å². The van der Waals surface area contributed by atoms with Crippen LogP contribution in [0.15, 0.2) is 12.2 Å². The maximum Gasteiger partial charge on any atom is 0.306 e. The highest BCUT2D eigenvalue weighted by molar-refractivity contribution is 5.70. The Labute approximate surface area is 346 Å². The number of hydrogen-bond donors (Lipinski definition) is 0. The number of ether oxygens (including phenoxy) is 3. The number of rotatable bonds is 43. The molecule has 0 aliphatic rings. The van der Waals surface area contributed by atoms with Crippen LogP contribution in [0.3, 0.4) is 0 Å². The van der Waals surface area contributed by atoms with Crippen molar-refractivity contribution in [2.45, 2.75) is 238 Å². The summed E-state index contributed by atoms with van der Waals surface area (Å²) >= 11 is 0. The van der Waals surface area contributed by atoms with Crippen molar-refractivity contribution in [2.75, 3.05) is 41.0 Å². The van der Waals surface area contributed by atoms with Crippen LogP contribution in [-0.2, 0) is 28.6 Å². The Balaban J connectivity index is 4.23. The van der Waals surface area contributed by atoms with Crippen molar-refractivity contribution in [2.24, 2.45) is 0 Å². The van der Waals surface area contributed by atoms with Crippen molar-refractivity contribution in [3.63, 3.8) is 0 Å². The van der Waals surface area contributed by atoms with Gasteiger partial charge < -0.3 is 28.6 Å². The normalized spacial score (nSPS) is 12.9. The van der Waals surface area contributed by atoms with E-state index >= 15 is 0 Å². The summed E-state index contributed by atoms with van der Waals surface area (Å²) in [4.78, 5) is 36.9. The zero-order valence-corrected chi connectivity index (χ0v) is 37.6. The zero-order chi connectivity index (χ0) is 41.4. The van der Waals surface area contributed by atoms with Crippen molar-refractivity contribution >= 4 is 17.9 Å². The third-order valence-electron chi connectivity index (χ3n) is 10.9. The molecular formula is C48H91NO7. The highest BCUT2D eigenvalue weighted by Crippen LogP contribution is 2.16. The standard InChI is InChI=1S/C48H91NO7/c1-6-8-10-12-14-16-18-20-21-22-23-24-25-27-28-30-32-34-36-38-46(50)55-43-44(42-54-41-40-45(48(52)53)49(3,4)5)56-47(51)39-37-35-33-31-29-26-19-17-15-13-11-9-7-2/h17,19,44-45H,6-16,18,20-43H2,1-5H3/b19-17-. The zero-order valence-electron chi connectivity index (χ0n) is 37.6. The Morgan fingerprint density at radius 1 is 0.518 bits per heavy atom. The number of esters is 2. The Bertz CT molecular complexity index is 931. The summed E-state index contributed by atoms with van der Waals surface area (Å²) in [5, 5.41) is 11.6. The van der Waals surface area contributed by atoms with Gasteiger partial charge in [0.2, 0.25) is 0 Å². The largest absolute Gasteiger partial charge is 0.544 e. The maximum absolute atomic E-state index is 12.7. The number of carboxylic acid groups (broad SMARTS) is 1. The quantitative estimate of drug-likeness (QED) is 0.0262. The minimum atomic E-state index is -1.12. The number of carboxylic acids is 1. The van der Waals surface area contributed by atoms with E-state index in [2.05, 4.69) is 26.0 Å². The number of allylic oxidation sites excluding steroid dienone is 2. The molecule has 0 heterocycles. The molecule has 0 aliphatic carbocycles. The summed E-state index contributed by atoms with van der Waals surface area (Å²) in [6, 6.07) is -0.723. The molecule has 0 aliphatic heterocycles. The molecule has 0 saturated carbocycles. The highest BCUT2D eigenvalue weighted by atomic mass is 16.6. The average Bonchev–Trinajstić information content (AvgIpc) is 3.15. The number of hydrogen-bond acceptors (Lipinski definition) is 7. The lowest BCUT2D eigenvalue weighted by Crippen LogP contribution is -2.55. The van der Waals surface area contributed by atoms with Crippen LogP contribution in [0, 0.1) is 0 Å². The molecule has 330 valence electrons. The van der Waals surface area contributed by atoms with Gasteiger partial charge in [-0.05, 0) is 38.5 Å². The molecule has 2 atom stereocenters. The average molecular weight is 794 g/mol. The summed E-state index contributed by atoms with van der Waals surface area (Å²) in [5.74, 6) is -1.73. The first kappa shape index (κ1) is 54.1. The molecule has 0 amide bonds. The molecule has 56 heavy (non-hydrogen) atoms. The van der Waals surface area contributed by atoms with E-state index in [4.69, 9.17) is 14.2 Å². The number of likely N-dealkylation sites (N-methyl/N-ethyl adjacent to an activating group) is 1. The van der Waals surface area contributed by atoms with Gasteiger partial charge in [-0.1, -0.05) is 180 Å². The first-order valence-electron chi connectivity index (χ1n) is 23.7. The van der Waals surface area contributed by atoms with Crippen LogP contribution in [0.1, 0.15) is 226 Å². The van der Waals surface area contributed by atoms with Gasteiger partial charge >= 0.3 is 11.9 Å². The predicted octanol–water partition coefficient (Wildman–Crippen LogP) is 11.8. The molecular weight excluding hydrogens is 703 g/mol. The summed E-state index contributed by atoms with van der Waals surface area (Å²) in [6.07, 6.45) is 42.3. The molecule has 2 unspecified atom stereocenters. The molecule has 8 nitrogen and oxygen atoms in total. The van der Waals surface area contributed by atoms with Crippen molar-refractivity contribution in [3.8, 4) is 0 Å². The van der Waals surface area contributed by atoms with Crippen LogP contribution in [0.5, 0.6) is 0 Å². The highest BCUT2D eigenvalue weighted by Gasteiger charge is 2.25. The molecule has 0 N–H and O–H groups in total. The van der Waals surface area contributed by atoms with Crippen LogP contribution >= 0.6 is 0 Å². The van der Waals surface area contributed by atoms with Gasteiger partial charge in [0.1, 0.15) is 12.6 Å². The minimum absolute atomic E-state index is 0.0430. The molecule has 0 bridgehead atoms. The third kappa shape index (κ3) is 37.6. The fraction of sp³-hybridized carbons (Fsp3) is 0.896. The number of unbranched alkanes of at least 4 members (excludes halogenated alkanes) is 27. The fourth-order valence-corrected chi connectivity index (χ4v) is 7.18. The molecule has 8 heteroatoms. The van der Waals surface area contributed by atoms with Gasteiger partial charge in [-0.3, -0.25) is 9.59 Å². The van der Waals surface area contributed by atoms with Gasteiger partial charge in [0, 0.05) is 19.3 Å². The first-order valence-corrected chi connectivity index (χ1v) is 23.7. The van der Waals surface area contributed by atoms with E-state index in [9.17, 15) is 19.5 Å². The maximum atomic E-state index is 12.7. The number of nitrogens with zero attached hydrogens (tertiary/aromatic N) is 1. The minimum Gasteiger partial charge on any atom is -0.544 e. The van der Waals surface area contributed by atoms with Crippen LogP contribution in [0.2, 0.25) is 0 Å². The molecule has 0 aromatic heterocycles. The molecule has 0 fully saturated rings. The SMILES string of the molecule is CCCCCC/C=C\CCCCCCCC(=O)OC(COCCC(C(=O)[O-])[N+](C)(C)C)COC(=O)CCCCCCCCCCCCCCCCCCCCC. The van der Waals surface area contributed by atoms with Gasteiger partial charge in [-0.2, -0.15) is 0 Å². The van der Waals surface area contributed by atoms with Crippen LogP contribution < -0.4 is 5.11 Å². The van der Waals surface area contributed by atoms with E-state index in [0.717, 1.165) is 51.4 Å². The van der Waals surface area contributed by atoms with Gasteiger partial charge in [-0.25, -0.2) is 0 Å². The Morgan fingerprint density at radius 3 is 1.30 bits per heavy atom. The Hall–Kier alpha value is -1.93. The van der Waals surface area contributed by atoms with E-state index < -0.39 is 18.1 Å². The van der Waals surface area contributed by atoms with Gasteiger partial charge in [0.05, 0.1) is 40.3 Å². The van der Waals surface area contributed by atoms with E-state index in [1.807, 2.05) is 0 Å². The summed E-state index contributed by atoms with van der Waals surface area (Å²) in [7, 11) is 5.41. The van der Waals surface area contributed by atoms with E-state index in [1.165, 1.54) is 141 Å². The Kier molecular flexibility index (Phi) is 38.5. The fourth-order valence-electron chi connectivity index (χ4n) is 7.18. The third-order valence-corrected chi connectivity index (χ3v) is 10.9. The first-order chi connectivity index (χ1) is 27.1. The lowest BCUT2D eigenvalue weighted by atomic mass is 10.0. The van der Waals surface area contributed by atoms with Crippen molar-refractivity contribution in [3.05, 3.63) is 12.2 Å².